The molecule has 1 saturated heterocycles. The molecule has 1 aliphatic heterocycles. The van der Waals surface area contributed by atoms with Gasteiger partial charge in [-0.15, -0.1) is 0 Å². The summed E-state index contributed by atoms with van der Waals surface area (Å²) in [6.07, 6.45) is 1.67. The zero-order valence-electron chi connectivity index (χ0n) is 15.9. The Bertz CT molecular complexity index is 1060. The van der Waals surface area contributed by atoms with Gasteiger partial charge < -0.3 is 9.47 Å². The zero-order valence-corrected chi connectivity index (χ0v) is 19.9. The Balaban J connectivity index is 1.84. The number of thiocarbonyl (C=S) groups is 1. The van der Waals surface area contributed by atoms with Crippen molar-refractivity contribution in [2.24, 2.45) is 0 Å². The molecule has 0 aromatic heterocycles. The fourth-order valence-electron chi connectivity index (χ4n) is 2.63. The van der Waals surface area contributed by atoms with Crippen LogP contribution in [0.2, 0.25) is 5.02 Å². The third-order valence-corrected chi connectivity index (χ3v) is 6.18. The molecule has 6 nitrogen and oxygen atoms in total. The number of nitrogens with one attached hydrogen (secondary N) is 1. The van der Waals surface area contributed by atoms with Crippen LogP contribution in [0.25, 0.3) is 6.08 Å². The smallest absolute Gasteiger partial charge is 0.285 e. The molecular weight excluding hydrogens is 512 g/mol. The van der Waals surface area contributed by atoms with Gasteiger partial charge in [-0.3, -0.25) is 15.0 Å². The van der Waals surface area contributed by atoms with Crippen molar-refractivity contribution in [3.8, 4) is 11.5 Å². The highest BCUT2D eigenvalue weighted by molar-refractivity contribution is 9.10. The first-order valence-corrected chi connectivity index (χ1v) is 11.1. The molecule has 2 aromatic carbocycles. The van der Waals surface area contributed by atoms with E-state index < -0.39 is 11.8 Å². The second kappa shape index (κ2) is 9.82. The summed E-state index contributed by atoms with van der Waals surface area (Å²) in [5, 5.41) is 1.32. The van der Waals surface area contributed by atoms with Gasteiger partial charge in [0.05, 0.1) is 33.7 Å². The number of halogens is 2. The molecule has 0 radical (unpaired) electrons. The second-order valence-corrected chi connectivity index (χ2v) is 8.84. The minimum Gasteiger partial charge on any atom is -0.493 e. The lowest BCUT2D eigenvalue weighted by Gasteiger charge is -2.16. The maximum Gasteiger partial charge on any atom is 0.285 e. The van der Waals surface area contributed by atoms with Crippen LogP contribution in [-0.4, -0.2) is 34.9 Å². The Morgan fingerprint density at radius 2 is 2.10 bits per heavy atom. The van der Waals surface area contributed by atoms with Gasteiger partial charge in [0.2, 0.25) is 0 Å². The van der Waals surface area contributed by atoms with E-state index in [1.807, 2.05) is 13.0 Å². The minimum atomic E-state index is -0.524. The number of carbonyl (C=O) groups excluding carboxylic acids is 2. The lowest BCUT2D eigenvalue weighted by molar-refractivity contribution is -0.123. The number of ether oxygens (including phenoxy) is 2. The van der Waals surface area contributed by atoms with E-state index in [0.29, 0.717) is 33.0 Å². The highest BCUT2D eigenvalue weighted by Crippen LogP contribution is 2.39. The van der Waals surface area contributed by atoms with E-state index in [1.54, 1.807) is 36.4 Å². The predicted octanol–water partition coefficient (Wildman–Crippen LogP) is 5.06. The first-order valence-electron chi connectivity index (χ1n) is 8.69. The molecule has 156 valence electrons. The van der Waals surface area contributed by atoms with Gasteiger partial charge in [0, 0.05) is 0 Å². The van der Waals surface area contributed by atoms with E-state index in [0.717, 1.165) is 16.8 Å². The molecule has 1 heterocycles. The van der Waals surface area contributed by atoms with Crippen LogP contribution in [-0.2, 0) is 4.79 Å². The number of methoxy groups -OCH3 is 1. The minimum absolute atomic E-state index is 0.212. The summed E-state index contributed by atoms with van der Waals surface area (Å²) in [5.74, 6) is 0.148. The maximum atomic E-state index is 12.8. The van der Waals surface area contributed by atoms with Crippen molar-refractivity contribution in [3.05, 3.63) is 61.9 Å². The predicted molar refractivity (Wildman–Crippen MR) is 126 cm³/mol. The van der Waals surface area contributed by atoms with Gasteiger partial charge in [-0.2, -0.15) is 5.01 Å². The highest BCUT2D eigenvalue weighted by Gasteiger charge is 2.34. The molecule has 0 spiro atoms. The number of amides is 2. The first kappa shape index (κ1) is 22.6. The van der Waals surface area contributed by atoms with E-state index in [1.165, 1.54) is 7.11 Å². The Kier molecular flexibility index (Phi) is 7.41. The van der Waals surface area contributed by atoms with Crippen molar-refractivity contribution in [3.63, 3.8) is 0 Å². The molecule has 2 aromatic rings. The van der Waals surface area contributed by atoms with Gasteiger partial charge in [0.25, 0.3) is 11.8 Å². The Morgan fingerprint density at radius 3 is 2.77 bits per heavy atom. The standard InChI is InChI=1S/C20H16BrClN2O4S2/c1-3-28-17-13(21)8-11(9-15(17)27-2)10-16-19(26)24(20(29)30-16)23-18(25)12-6-4-5-7-14(12)22/h4-10H,3H2,1-2H3,(H,23,25)/b16-10-. The van der Waals surface area contributed by atoms with Crippen molar-refractivity contribution >= 4 is 73.7 Å². The van der Waals surface area contributed by atoms with Crippen LogP contribution < -0.4 is 14.9 Å². The first-order chi connectivity index (χ1) is 14.3. The lowest BCUT2D eigenvalue weighted by Crippen LogP contribution is -2.44. The van der Waals surface area contributed by atoms with Gasteiger partial charge >= 0.3 is 0 Å². The molecule has 0 bridgehead atoms. The zero-order chi connectivity index (χ0) is 21.8. The van der Waals surface area contributed by atoms with Crippen LogP contribution in [0.1, 0.15) is 22.8 Å². The summed E-state index contributed by atoms with van der Waals surface area (Å²) >= 11 is 15.9. The van der Waals surface area contributed by atoms with Gasteiger partial charge in [0.1, 0.15) is 0 Å². The third kappa shape index (κ3) is 4.80. The molecule has 0 saturated carbocycles. The van der Waals surface area contributed by atoms with Crippen LogP contribution in [0.4, 0.5) is 0 Å². The van der Waals surface area contributed by atoms with Gasteiger partial charge in [-0.1, -0.05) is 35.5 Å². The van der Waals surface area contributed by atoms with Crippen molar-refractivity contribution in [2.75, 3.05) is 13.7 Å². The highest BCUT2D eigenvalue weighted by atomic mass is 79.9. The number of carbonyl (C=O) groups is 2. The fraction of sp³-hybridized carbons (Fsp3) is 0.150. The Labute approximate surface area is 196 Å². The number of thioether (sulfide) groups is 1. The SMILES string of the molecule is CCOc1c(Br)cc(/C=C2\SC(=S)N(NC(=O)c3ccccc3Cl)C2=O)cc1OC. The van der Waals surface area contributed by atoms with E-state index in [2.05, 4.69) is 21.4 Å². The normalized spacial score (nSPS) is 14.9. The van der Waals surface area contributed by atoms with Gasteiger partial charge in [0.15, 0.2) is 15.8 Å². The topological polar surface area (TPSA) is 67.9 Å². The van der Waals surface area contributed by atoms with E-state index in [9.17, 15) is 9.59 Å². The third-order valence-electron chi connectivity index (χ3n) is 3.96. The van der Waals surface area contributed by atoms with Crippen molar-refractivity contribution < 1.29 is 19.1 Å². The number of hydrazine groups is 1. The van der Waals surface area contributed by atoms with Crippen molar-refractivity contribution in [2.45, 2.75) is 6.92 Å². The monoisotopic (exact) mass is 526 g/mol. The molecular formula is C20H16BrClN2O4S2. The van der Waals surface area contributed by atoms with E-state index in [-0.39, 0.29) is 14.9 Å². The van der Waals surface area contributed by atoms with Crippen LogP contribution in [0.15, 0.2) is 45.8 Å². The fourth-order valence-corrected chi connectivity index (χ4v) is 4.61. The number of nitrogens with zero attached hydrogens (tertiary/aromatic N) is 1. The maximum absolute atomic E-state index is 12.8. The molecule has 1 fully saturated rings. The average Bonchev–Trinajstić information content (AvgIpc) is 2.97. The van der Waals surface area contributed by atoms with E-state index >= 15 is 0 Å². The Morgan fingerprint density at radius 1 is 1.37 bits per heavy atom. The summed E-state index contributed by atoms with van der Waals surface area (Å²) in [7, 11) is 1.54. The van der Waals surface area contributed by atoms with Crippen LogP contribution in [0.3, 0.4) is 0 Å². The second-order valence-electron chi connectivity index (χ2n) is 5.91. The van der Waals surface area contributed by atoms with Crippen LogP contribution in [0.5, 0.6) is 11.5 Å². The van der Waals surface area contributed by atoms with E-state index in [4.69, 9.17) is 33.3 Å². The van der Waals surface area contributed by atoms with Crippen molar-refractivity contribution in [1.82, 2.24) is 10.4 Å². The Hall–Kier alpha value is -2.07. The molecule has 0 atom stereocenters. The van der Waals surface area contributed by atoms with Crippen LogP contribution in [0, 0.1) is 0 Å². The molecule has 1 aliphatic rings. The van der Waals surface area contributed by atoms with Crippen molar-refractivity contribution in [1.29, 1.82) is 0 Å². The lowest BCUT2D eigenvalue weighted by atomic mass is 10.2. The quantitative estimate of drug-likeness (QED) is 0.419. The largest absolute Gasteiger partial charge is 0.493 e. The summed E-state index contributed by atoms with van der Waals surface area (Å²) in [4.78, 5) is 25.7. The average molecular weight is 528 g/mol. The molecule has 3 rings (SSSR count). The van der Waals surface area contributed by atoms with Crippen LogP contribution >= 0.6 is 51.5 Å². The molecule has 10 heteroatoms. The molecule has 0 aliphatic carbocycles. The molecule has 0 unspecified atom stereocenters. The number of hydrogen-bond donors (Lipinski definition) is 1. The molecule has 1 N–H and O–H groups in total. The number of hydrogen-bond acceptors (Lipinski definition) is 6. The number of benzene rings is 2. The summed E-state index contributed by atoms with van der Waals surface area (Å²) in [6, 6.07) is 10.1. The number of rotatable bonds is 6. The van der Waals surface area contributed by atoms with Gasteiger partial charge in [-0.05, 0) is 71.0 Å². The summed E-state index contributed by atoms with van der Waals surface area (Å²) in [5.41, 5.74) is 3.47. The van der Waals surface area contributed by atoms with Gasteiger partial charge in [-0.25, -0.2) is 0 Å². The molecule has 30 heavy (non-hydrogen) atoms. The summed E-state index contributed by atoms with van der Waals surface area (Å²) < 4.78 is 11.9. The summed E-state index contributed by atoms with van der Waals surface area (Å²) in [6.45, 7) is 2.36. The molecule has 2 amide bonds.